The molecule has 0 unspecified atom stereocenters. The Balaban J connectivity index is 1.86. The van der Waals surface area contributed by atoms with E-state index in [1.165, 1.54) is 23.1 Å². The van der Waals surface area contributed by atoms with Gasteiger partial charge >= 0.3 is 10.1 Å². The molecule has 2 aromatic carbocycles. The van der Waals surface area contributed by atoms with Crippen LogP contribution in [0.3, 0.4) is 0 Å². The zero-order chi connectivity index (χ0) is 17.2. The summed E-state index contributed by atoms with van der Waals surface area (Å²) in [5.74, 6) is -0.753. The predicted octanol–water partition coefficient (Wildman–Crippen LogP) is 1.44. The largest absolute Gasteiger partial charge is 0.379 e. The van der Waals surface area contributed by atoms with E-state index < -0.39 is 15.9 Å². The van der Waals surface area contributed by atoms with E-state index in [0.29, 0.717) is 5.69 Å². The van der Waals surface area contributed by atoms with Crippen molar-refractivity contribution in [3.05, 3.63) is 60.2 Å². The SMILES string of the molecule is N#Cc1cc(S(=O)(=O)Oc2ccc(-n3cnnn3)cc2)ccc1F. The first kappa shape index (κ1) is 15.6. The predicted molar refractivity (Wildman–Crippen MR) is 78.1 cm³/mol. The summed E-state index contributed by atoms with van der Waals surface area (Å²) in [4.78, 5) is -0.315. The minimum Gasteiger partial charge on any atom is -0.379 e. The van der Waals surface area contributed by atoms with Crippen molar-refractivity contribution in [3.8, 4) is 17.5 Å². The van der Waals surface area contributed by atoms with Crippen molar-refractivity contribution in [2.75, 3.05) is 0 Å². The van der Waals surface area contributed by atoms with Gasteiger partial charge in [0.1, 0.15) is 28.9 Å². The van der Waals surface area contributed by atoms with Gasteiger partial charge in [0.05, 0.1) is 11.3 Å². The van der Waals surface area contributed by atoms with Gasteiger partial charge in [0.25, 0.3) is 0 Å². The van der Waals surface area contributed by atoms with Crippen LogP contribution in [0.15, 0.2) is 53.7 Å². The van der Waals surface area contributed by atoms with E-state index in [1.807, 2.05) is 0 Å². The molecule has 1 aromatic heterocycles. The van der Waals surface area contributed by atoms with Crippen LogP contribution in [0.25, 0.3) is 5.69 Å². The fourth-order valence-electron chi connectivity index (χ4n) is 1.85. The minimum absolute atomic E-state index is 0.0506. The highest BCUT2D eigenvalue weighted by Gasteiger charge is 2.19. The molecule has 0 N–H and O–H groups in total. The second-order valence-corrected chi connectivity index (χ2v) is 6.09. The lowest BCUT2D eigenvalue weighted by Crippen LogP contribution is -2.10. The molecule has 3 rings (SSSR count). The van der Waals surface area contributed by atoms with Crippen molar-refractivity contribution in [2.45, 2.75) is 4.90 Å². The third kappa shape index (κ3) is 3.06. The van der Waals surface area contributed by atoms with E-state index in [0.717, 1.165) is 18.2 Å². The van der Waals surface area contributed by atoms with Crippen LogP contribution in [0, 0.1) is 17.1 Å². The second-order valence-electron chi connectivity index (χ2n) is 4.54. The molecule has 8 nitrogen and oxygen atoms in total. The molecule has 24 heavy (non-hydrogen) atoms. The first-order valence-electron chi connectivity index (χ1n) is 6.47. The Morgan fingerprint density at radius 3 is 2.54 bits per heavy atom. The summed E-state index contributed by atoms with van der Waals surface area (Å²) in [7, 11) is -4.19. The highest BCUT2D eigenvalue weighted by atomic mass is 32.2. The van der Waals surface area contributed by atoms with Crippen molar-refractivity contribution >= 4 is 10.1 Å². The number of nitrogens with zero attached hydrogens (tertiary/aromatic N) is 5. The van der Waals surface area contributed by atoms with Gasteiger partial charge in [-0.1, -0.05) is 0 Å². The molecule has 0 saturated carbocycles. The quantitative estimate of drug-likeness (QED) is 0.658. The topological polar surface area (TPSA) is 111 Å². The van der Waals surface area contributed by atoms with Crippen LogP contribution >= 0.6 is 0 Å². The second kappa shape index (κ2) is 6.05. The minimum atomic E-state index is -4.19. The van der Waals surface area contributed by atoms with Crippen molar-refractivity contribution in [1.82, 2.24) is 20.2 Å². The maximum atomic E-state index is 13.3. The molecule has 0 aliphatic rings. The van der Waals surface area contributed by atoms with Gasteiger partial charge in [-0.2, -0.15) is 13.7 Å². The van der Waals surface area contributed by atoms with E-state index in [9.17, 15) is 12.8 Å². The molecule has 10 heteroatoms. The Kier molecular flexibility index (Phi) is 3.93. The summed E-state index contributed by atoms with van der Waals surface area (Å²) in [5, 5.41) is 19.5. The third-order valence-corrected chi connectivity index (χ3v) is 4.25. The first-order valence-corrected chi connectivity index (χ1v) is 7.88. The third-order valence-electron chi connectivity index (χ3n) is 3.00. The molecule has 0 aliphatic carbocycles. The van der Waals surface area contributed by atoms with Gasteiger partial charge in [0.2, 0.25) is 0 Å². The molecule has 0 saturated heterocycles. The van der Waals surface area contributed by atoms with Gasteiger partial charge in [-0.15, -0.1) is 5.10 Å². The molecule has 3 aromatic rings. The van der Waals surface area contributed by atoms with Crippen LogP contribution in [-0.4, -0.2) is 28.6 Å². The van der Waals surface area contributed by atoms with Gasteiger partial charge in [-0.25, -0.2) is 9.07 Å². The Morgan fingerprint density at radius 1 is 1.17 bits per heavy atom. The first-order chi connectivity index (χ1) is 11.5. The maximum absolute atomic E-state index is 13.3. The number of tetrazole rings is 1. The fraction of sp³-hybridized carbons (Fsp3) is 0. The van der Waals surface area contributed by atoms with E-state index in [2.05, 4.69) is 15.5 Å². The molecular weight excluding hydrogens is 337 g/mol. The van der Waals surface area contributed by atoms with Crippen LogP contribution in [0.5, 0.6) is 5.75 Å². The van der Waals surface area contributed by atoms with E-state index in [-0.39, 0.29) is 16.2 Å². The molecule has 0 bridgehead atoms. The van der Waals surface area contributed by atoms with Crippen molar-refractivity contribution in [3.63, 3.8) is 0 Å². The lowest BCUT2D eigenvalue weighted by atomic mass is 10.2. The van der Waals surface area contributed by atoms with Crippen molar-refractivity contribution in [1.29, 1.82) is 5.26 Å². The molecular formula is C14H8FN5O3S. The Morgan fingerprint density at radius 2 is 1.92 bits per heavy atom. The zero-order valence-corrected chi connectivity index (χ0v) is 12.7. The van der Waals surface area contributed by atoms with Crippen LogP contribution in [0.4, 0.5) is 4.39 Å². The highest BCUT2D eigenvalue weighted by molar-refractivity contribution is 7.87. The highest BCUT2D eigenvalue weighted by Crippen LogP contribution is 2.21. The molecule has 0 radical (unpaired) electrons. The number of halogens is 1. The number of rotatable bonds is 4. The number of hydrogen-bond acceptors (Lipinski definition) is 7. The Bertz CT molecular complexity index is 1010. The smallest absolute Gasteiger partial charge is 0.339 e. The van der Waals surface area contributed by atoms with Gasteiger partial charge < -0.3 is 4.18 Å². The molecule has 120 valence electrons. The lowest BCUT2D eigenvalue weighted by Gasteiger charge is -2.08. The van der Waals surface area contributed by atoms with Crippen LogP contribution in [0.2, 0.25) is 0 Å². The summed E-state index contributed by atoms with van der Waals surface area (Å²) in [5.41, 5.74) is 0.229. The summed E-state index contributed by atoms with van der Waals surface area (Å²) in [6, 6.07) is 10.4. The fourth-order valence-corrected chi connectivity index (χ4v) is 2.81. The molecule has 1 heterocycles. The van der Waals surface area contributed by atoms with Crippen molar-refractivity contribution in [2.24, 2.45) is 0 Å². The average molecular weight is 345 g/mol. The maximum Gasteiger partial charge on any atom is 0.339 e. The van der Waals surface area contributed by atoms with Crippen LogP contribution in [0.1, 0.15) is 5.56 Å². The monoisotopic (exact) mass is 345 g/mol. The van der Waals surface area contributed by atoms with E-state index in [1.54, 1.807) is 18.2 Å². The van der Waals surface area contributed by atoms with Gasteiger partial charge in [0.15, 0.2) is 0 Å². The molecule has 0 fully saturated rings. The molecule has 0 amide bonds. The normalized spacial score (nSPS) is 11.0. The molecule has 0 atom stereocenters. The number of aromatic nitrogens is 4. The van der Waals surface area contributed by atoms with Crippen molar-refractivity contribution < 1.29 is 17.0 Å². The standard InChI is InChI=1S/C14H8FN5O3S/c15-14-6-5-13(7-10(14)8-16)24(21,22)23-12-3-1-11(2-4-12)20-9-17-18-19-20/h1-7,9H. The van der Waals surface area contributed by atoms with E-state index in [4.69, 9.17) is 9.44 Å². The molecule has 0 spiro atoms. The van der Waals surface area contributed by atoms with Crippen LogP contribution < -0.4 is 4.18 Å². The van der Waals surface area contributed by atoms with Gasteiger partial charge in [-0.3, -0.25) is 0 Å². The van der Waals surface area contributed by atoms with Gasteiger partial charge in [0, 0.05) is 0 Å². The lowest BCUT2D eigenvalue weighted by molar-refractivity contribution is 0.485. The summed E-state index contributed by atoms with van der Waals surface area (Å²) in [6.07, 6.45) is 1.38. The summed E-state index contributed by atoms with van der Waals surface area (Å²) >= 11 is 0. The van der Waals surface area contributed by atoms with Crippen LogP contribution in [-0.2, 0) is 10.1 Å². The Labute approximate surface area is 135 Å². The summed E-state index contributed by atoms with van der Waals surface area (Å²) < 4.78 is 44.1. The zero-order valence-electron chi connectivity index (χ0n) is 11.9. The number of nitriles is 1. The van der Waals surface area contributed by atoms with E-state index >= 15 is 0 Å². The summed E-state index contributed by atoms with van der Waals surface area (Å²) in [6.45, 7) is 0. The molecule has 0 aliphatic heterocycles. The van der Waals surface area contributed by atoms with Gasteiger partial charge in [-0.05, 0) is 52.9 Å². The number of hydrogen-bond donors (Lipinski definition) is 0. The Hall–Kier alpha value is -3.32. The average Bonchev–Trinajstić information content (AvgIpc) is 3.10. The number of benzene rings is 2.